The average molecular weight is 335 g/mol. The topological polar surface area (TPSA) is 63.4 Å². The summed E-state index contributed by atoms with van der Waals surface area (Å²) in [5.74, 6) is 5.42. The van der Waals surface area contributed by atoms with E-state index in [2.05, 4.69) is 11.8 Å². The van der Waals surface area contributed by atoms with Gasteiger partial charge in [0.05, 0.1) is 16.6 Å². The van der Waals surface area contributed by atoms with Crippen LogP contribution in [0.3, 0.4) is 0 Å². The normalized spacial score (nSPS) is 11.6. The van der Waals surface area contributed by atoms with Crippen LogP contribution in [0, 0.1) is 11.8 Å². The van der Waals surface area contributed by atoms with Crippen LogP contribution in [-0.2, 0) is 10.0 Å². The molecule has 0 saturated carbocycles. The molecular formula is C13H16Cl2N2O2S. The van der Waals surface area contributed by atoms with Crippen LogP contribution in [0.2, 0.25) is 10.0 Å². The molecule has 0 heterocycles. The van der Waals surface area contributed by atoms with E-state index in [9.17, 15) is 8.42 Å². The van der Waals surface area contributed by atoms with E-state index in [0.717, 1.165) is 0 Å². The maximum absolute atomic E-state index is 12.4. The first-order valence-corrected chi connectivity index (χ1v) is 8.07. The van der Waals surface area contributed by atoms with Gasteiger partial charge < -0.3 is 5.73 Å². The number of hydrogen-bond donors (Lipinski definition) is 1. The molecule has 0 spiro atoms. The SMILES string of the molecule is CC(C)N(C)S(=O)(=O)c1c(Cl)cc(C#CCN)cc1Cl. The highest BCUT2D eigenvalue weighted by Gasteiger charge is 2.28. The molecular weight excluding hydrogens is 319 g/mol. The Balaban J connectivity index is 3.41. The first-order chi connectivity index (χ1) is 9.21. The summed E-state index contributed by atoms with van der Waals surface area (Å²) in [5.41, 5.74) is 5.81. The molecule has 0 saturated heterocycles. The summed E-state index contributed by atoms with van der Waals surface area (Å²) in [6, 6.07) is 2.73. The maximum Gasteiger partial charge on any atom is 0.246 e. The summed E-state index contributed by atoms with van der Waals surface area (Å²) < 4.78 is 26.1. The fourth-order valence-electron chi connectivity index (χ4n) is 1.45. The predicted molar refractivity (Wildman–Crippen MR) is 82.5 cm³/mol. The molecule has 0 atom stereocenters. The minimum absolute atomic E-state index is 0.0475. The minimum atomic E-state index is -3.74. The zero-order valence-corrected chi connectivity index (χ0v) is 13.8. The fourth-order valence-corrected chi connectivity index (χ4v) is 3.98. The van der Waals surface area contributed by atoms with Crippen molar-refractivity contribution in [3.8, 4) is 11.8 Å². The Labute approximate surface area is 129 Å². The van der Waals surface area contributed by atoms with Crippen LogP contribution in [0.15, 0.2) is 17.0 Å². The van der Waals surface area contributed by atoms with Gasteiger partial charge in [-0.2, -0.15) is 4.31 Å². The Hall–Kier alpha value is -0.770. The number of nitrogens with two attached hydrogens (primary N) is 1. The molecule has 7 heteroatoms. The standard InChI is InChI=1S/C13H16Cl2N2O2S/c1-9(2)17(3)20(18,19)13-11(14)7-10(5-4-6-16)8-12(13)15/h7-9H,6,16H2,1-3H3. The van der Waals surface area contributed by atoms with Crippen molar-refractivity contribution < 1.29 is 8.42 Å². The highest BCUT2D eigenvalue weighted by atomic mass is 35.5. The molecule has 0 bridgehead atoms. The van der Waals surface area contributed by atoms with Crippen molar-refractivity contribution >= 4 is 33.2 Å². The molecule has 0 aliphatic rings. The van der Waals surface area contributed by atoms with Gasteiger partial charge in [0.1, 0.15) is 4.90 Å². The first kappa shape index (κ1) is 17.3. The molecule has 0 unspecified atom stereocenters. The molecule has 110 valence electrons. The molecule has 1 aromatic carbocycles. The predicted octanol–water partition coefficient (Wildman–Crippen LogP) is 2.33. The second-order valence-corrected chi connectivity index (χ2v) is 7.14. The van der Waals surface area contributed by atoms with Gasteiger partial charge in [-0.25, -0.2) is 8.42 Å². The van der Waals surface area contributed by atoms with Gasteiger partial charge >= 0.3 is 0 Å². The Morgan fingerprint density at radius 1 is 1.30 bits per heavy atom. The molecule has 0 fully saturated rings. The molecule has 0 aromatic heterocycles. The Morgan fingerprint density at radius 2 is 1.80 bits per heavy atom. The summed E-state index contributed by atoms with van der Waals surface area (Å²) in [7, 11) is -2.26. The number of nitrogens with zero attached hydrogens (tertiary/aromatic N) is 1. The Morgan fingerprint density at radius 3 is 2.20 bits per heavy atom. The van der Waals surface area contributed by atoms with Gasteiger partial charge in [-0.1, -0.05) is 35.0 Å². The summed E-state index contributed by atoms with van der Waals surface area (Å²) in [6.07, 6.45) is 0. The first-order valence-electron chi connectivity index (χ1n) is 5.87. The summed E-state index contributed by atoms with van der Waals surface area (Å²) in [5, 5.41) is 0.0950. The van der Waals surface area contributed by atoms with E-state index in [-0.39, 0.29) is 27.5 Å². The van der Waals surface area contributed by atoms with Crippen molar-refractivity contribution in [3.05, 3.63) is 27.7 Å². The van der Waals surface area contributed by atoms with Crippen molar-refractivity contribution in [1.82, 2.24) is 4.31 Å². The Bertz CT molecular complexity index is 638. The van der Waals surface area contributed by atoms with E-state index >= 15 is 0 Å². The van der Waals surface area contributed by atoms with E-state index < -0.39 is 10.0 Å². The Kier molecular flexibility index (Phi) is 5.87. The molecule has 4 nitrogen and oxygen atoms in total. The quantitative estimate of drug-likeness (QED) is 0.863. The smallest absolute Gasteiger partial charge is 0.246 e. The lowest BCUT2D eigenvalue weighted by Crippen LogP contribution is -2.33. The van der Waals surface area contributed by atoms with Gasteiger partial charge in [-0.15, -0.1) is 0 Å². The lowest BCUT2D eigenvalue weighted by atomic mass is 10.2. The largest absolute Gasteiger partial charge is 0.320 e. The molecule has 1 rings (SSSR count). The van der Waals surface area contributed by atoms with Crippen LogP contribution in [0.5, 0.6) is 0 Å². The second-order valence-electron chi connectivity index (χ2n) is 4.39. The van der Waals surface area contributed by atoms with Gasteiger partial charge in [0.25, 0.3) is 0 Å². The van der Waals surface area contributed by atoms with E-state index in [1.807, 2.05) is 0 Å². The van der Waals surface area contributed by atoms with Crippen molar-refractivity contribution in [3.63, 3.8) is 0 Å². The monoisotopic (exact) mass is 334 g/mol. The zero-order chi connectivity index (χ0) is 15.5. The van der Waals surface area contributed by atoms with E-state index in [4.69, 9.17) is 28.9 Å². The lowest BCUT2D eigenvalue weighted by molar-refractivity contribution is 0.410. The molecule has 0 amide bonds. The summed E-state index contributed by atoms with van der Waals surface area (Å²) in [6.45, 7) is 3.73. The highest BCUT2D eigenvalue weighted by molar-refractivity contribution is 7.89. The van der Waals surface area contributed by atoms with Crippen molar-refractivity contribution in [2.45, 2.75) is 24.8 Å². The van der Waals surface area contributed by atoms with Crippen LogP contribution >= 0.6 is 23.2 Å². The fraction of sp³-hybridized carbons (Fsp3) is 0.385. The second kappa shape index (κ2) is 6.79. The van der Waals surface area contributed by atoms with Gasteiger partial charge in [0.2, 0.25) is 10.0 Å². The summed E-state index contributed by atoms with van der Waals surface area (Å²) >= 11 is 12.1. The van der Waals surface area contributed by atoms with Gasteiger partial charge in [0, 0.05) is 18.7 Å². The number of hydrogen-bond acceptors (Lipinski definition) is 3. The van der Waals surface area contributed by atoms with E-state index in [1.54, 1.807) is 13.8 Å². The molecule has 1 aromatic rings. The van der Waals surface area contributed by atoms with Gasteiger partial charge in [-0.3, -0.25) is 0 Å². The zero-order valence-electron chi connectivity index (χ0n) is 11.4. The third-order valence-corrected chi connectivity index (χ3v) is 5.65. The van der Waals surface area contributed by atoms with Crippen LogP contribution in [0.4, 0.5) is 0 Å². The van der Waals surface area contributed by atoms with Crippen LogP contribution in [0.25, 0.3) is 0 Å². The van der Waals surface area contributed by atoms with Crippen molar-refractivity contribution in [2.75, 3.05) is 13.6 Å². The number of sulfonamides is 1. The number of benzene rings is 1. The molecule has 2 N–H and O–H groups in total. The van der Waals surface area contributed by atoms with Crippen LogP contribution < -0.4 is 5.73 Å². The van der Waals surface area contributed by atoms with Crippen molar-refractivity contribution in [1.29, 1.82) is 0 Å². The highest BCUT2D eigenvalue weighted by Crippen LogP contribution is 2.33. The van der Waals surface area contributed by atoms with Crippen molar-refractivity contribution in [2.24, 2.45) is 5.73 Å². The molecule has 0 radical (unpaired) electrons. The van der Waals surface area contributed by atoms with Crippen LogP contribution in [-0.4, -0.2) is 32.4 Å². The minimum Gasteiger partial charge on any atom is -0.320 e. The summed E-state index contributed by atoms with van der Waals surface area (Å²) in [4.78, 5) is -0.102. The third-order valence-electron chi connectivity index (χ3n) is 2.70. The van der Waals surface area contributed by atoms with Gasteiger partial charge in [-0.05, 0) is 26.0 Å². The average Bonchev–Trinajstić information content (AvgIpc) is 2.34. The van der Waals surface area contributed by atoms with Gasteiger partial charge in [0.15, 0.2) is 0 Å². The lowest BCUT2D eigenvalue weighted by Gasteiger charge is -2.22. The molecule has 0 aliphatic carbocycles. The number of rotatable bonds is 3. The molecule has 0 aliphatic heterocycles. The number of halogens is 2. The maximum atomic E-state index is 12.4. The third kappa shape index (κ3) is 3.66. The van der Waals surface area contributed by atoms with E-state index in [1.165, 1.54) is 23.5 Å². The van der Waals surface area contributed by atoms with Crippen LogP contribution in [0.1, 0.15) is 19.4 Å². The van der Waals surface area contributed by atoms with E-state index in [0.29, 0.717) is 5.56 Å². The molecule has 20 heavy (non-hydrogen) atoms.